The molecule has 0 aliphatic carbocycles. The maximum Gasteiger partial charge on any atom is 0.253 e. The Morgan fingerprint density at radius 2 is 1.88 bits per heavy atom. The van der Waals surface area contributed by atoms with Crippen molar-refractivity contribution in [2.45, 2.75) is 26.2 Å². The van der Waals surface area contributed by atoms with Crippen LogP contribution in [0.4, 0.5) is 10.1 Å². The van der Waals surface area contributed by atoms with Gasteiger partial charge in [0.1, 0.15) is 5.82 Å². The van der Waals surface area contributed by atoms with Crippen LogP contribution in [0.1, 0.15) is 35.7 Å². The minimum Gasteiger partial charge on any atom is -0.338 e. The molecule has 1 aliphatic rings. The lowest BCUT2D eigenvalue weighted by Crippen LogP contribution is -2.43. The molecular weight excluding hydrogens is 331 g/mol. The zero-order valence-electron chi connectivity index (χ0n) is 14.9. The quantitative estimate of drug-likeness (QED) is 0.906. The molecule has 0 spiro atoms. The molecule has 0 radical (unpaired) electrons. The van der Waals surface area contributed by atoms with Gasteiger partial charge in [0.25, 0.3) is 5.91 Å². The van der Waals surface area contributed by atoms with Crippen LogP contribution >= 0.6 is 0 Å². The van der Waals surface area contributed by atoms with Gasteiger partial charge in [-0.3, -0.25) is 9.59 Å². The first-order chi connectivity index (χ1) is 12.6. The minimum absolute atomic E-state index is 0.0532. The number of benzene rings is 2. The van der Waals surface area contributed by atoms with Gasteiger partial charge in [-0.2, -0.15) is 0 Å². The Morgan fingerprint density at radius 3 is 2.62 bits per heavy atom. The second kappa shape index (κ2) is 8.13. The number of amides is 2. The highest BCUT2D eigenvalue weighted by molar-refractivity contribution is 5.96. The van der Waals surface area contributed by atoms with E-state index in [1.807, 2.05) is 24.3 Å². The third kappa shape index (κ3) is 4.10. The molecule has 4 nitrogen and oxygen atoms in total. The number of carbonyl (C=O) groups excluding carboxylic acids is 2. The number of carbonyl (C=O) groups is 2. The van der Waals surface area contributed by atoms with E-state index in [-0.39, 0.29) is 23.5 Å². The first-order valence-electron chi connectivity index (χ1n) is 9.02. The highest BCUT2D eigenvalue weighted by Gasteiger charge is 2.29. The van der Waals surface area contributed by atoms with E-state index in [1.165, 1.54) is 24.3 Å². The van der Waals surface area contributed by atoms with E-state index in [4.69, 9.17) is 0 Å². The molecule has 136 valence electrons. The van der Waals surface area contributed by atoms with E-state index in [2.05, 4.69) is 12.2 Å². The molecule has 1 saturated heterocycles. The monoisotopic (exact) mass is 354 g/mol. The number of nitrogens with one attached hydrogen (secondary N) is 1. The molecule has 2 amide bonds. The van der Waals surface area contributed by atoms with Crippen LogP contribution in [-0.2, 0) is 11.2 Å². The molecule has 0 bridgehead atoms. The molecule has 1 fully saturated rings. The number of para-hydroxylation sites is 1. The summed E-state index contributed by atoms with van der Waals surface area (Å²) >= 11 is 0. The van der Waals surface area contributed by atoms with Crippen molar-refractivity contribution in [3.63, 3.8) is 0 Å². The van der Waals surface area contributed by atoms with Crippen molar-refractivity contribution >= 4 is 17.5 Å². The standard InChI is InChI=1S/C21H23FN2O2/c1-2-15-6-3-4-8-19(15)23-20(25)17-7-5-13-24(14-17)21(26)16-9-11-18(22)12-10-16/h3-4,6,8-12,17H,2,5,7,13-14H2,1H3,(H,23,25). The number of likely N-dealkylation sites (tertiary alicyclic amines) is 1. The molecule has 5 heteroatoms. The van der Waals surface area contributed by atoms with Gasteiger partial charge < -0.3 is 10.2 Å². The molecule has 2 aromatic rings. The number of nitrogens with zero attached hydrogens (tertiary/aromatic N) is 1. The highest BCUT2D eigenvalue weighted by atomic mass is 19.1. The molecule has 1 aliphatic heterocycles. The van der Waals surface area contributed by atoms with Crippen molar-refractivity contribution in [3.8, 4) is 0 Å². The van der Waals surface area contributed by atoms with Gasteiger partial charge in [-0.05, 0) is 55.2 Å². The van der Waals surface area contributed by atoms with Crippen molar-refractivity contribution < 1.29 is 14.0 Å². The fourth-order valence-corrected chi connectivity index (χ4v) is 3.34. The number of aryl methyl sites for hydroxylation is 1. The molecule has 1 N–H and O–H groups in total. The van der Waals surface area contributed by atoms with Crippen LogP contribution < -0.4 is 5.32 Å². The maximum atomic E-state index is 13.1. The summed E-state index contributed by atoms with van der Waals surface area (Å²) in [6, 6.07) is 13.3. The number of hydrogen-bond acceptors (Lipinski definition) is 2. The first-order valence-corrected chi connectivity index (χ1v) is 9.02. The van der Waals surface area contributed by atoms with E-state index in [9.17, 15) is 14.0 Å². The van der Waals surface area contributed by atoms with Crippen molar-refractivity contribution in [1.82, 2.24) is 4.90 Å². The molecular formula is C21H23FN2O2. The lowest BCUT2D eigenvalue weighted by atomic mass is 9.96. The van der Waals surface area contributed by atoms with Gasteiger partial charge in [-0.25, -0.2) is 4.39 Å². The van der Waals surface area contributed by atoms with Gasteiger partial charge in [0.2, 0.25) is 5.91 Å². The largest absolute Gasteiger partial charge is 0.338 e. The predicted octanol–water partition coefficient (Wildman–Crippen LogP) is 3.88. The number of halogens is 1. The summed E-state index contributed by atoms with van der Waals surface area (Å²) in [7, 11) is 0. The van der Waals surface area contributed by atoms with E-state index in [0.29, 0.717) is 18.7 Å². The number of rotatable bonds is 4. The molecule has 1 heterocycles. The summed E-state index contributed by atoms with van der Waals surface area (Å²) in [4.78, 5) is 27.0. The van der Waals surface area contributed by atoms with Crippen molar-refractivity contribution in [2.24, 2.45) is 5.92 Å². The third-order valence-electron chi connectivity index (χ3n) is 4.83. The second-order valence-corrected chi connectivity index (χ2v) is 6.60. The number of hydrogen-bond donors (Lipinski definition) is 1. The Labute approximate surface area is 153 Å². The molecule has 0 saturated carbocycles. The van der Waals surface area contributed by atoms with Crippen molar-refractivity contribution in [3.05, 3.63) is 65.5 Å². The number of anilines is 1. The summed E-state index contributed by atoms with van der Waals surface area (Å²) < 4.78 is 13.1. The molecule has 26 heavy (non-hydrogen) atoms. The van der Waals surface area contributed by atoms with Gasteiger partial charge in [-0.15, -0.1) is 0 Å². The van der Waals surface area contributed by atoms with Gasteiger partial charge >= 0.3 is 0 Å². The Bertz CT molecular complexity index is 789. The fourth-order valence-electron chi connectivity index (χ4n) is 3.34. The first kappa shape index (κ1) is 18.1. The van der Waals surface area contributed by atoms with Gasteiger partial charge in [0.05, 0.1) is 5.92 Å². The summed E-state index contributed by atoms with van der Waals surface area (Å²) in [5, 5.41) is 3.01. The summed E-state index contributed by atoms with van der Waals surface area (Å²) in [5.41, 5.74) is 2.38. The van der Waals surface area contributed by atoms with Crippen LogP contribution in [0.5, 0.6) is 0 Å². The van der Waals surface area contributed by atoms with E-state index in [1.54, 1.807) is 4.90 Å². The van der Waals surface area contributed by atoms with Crippen LogP contribution in [0.3, 0.4) is 0 Å². The predicted molar refractivity (Wildman–Crippen MR) is 99.5 cm³/mol. The lowest BCUT2D eigenvalue weighted by molar-refractivity contribution is -0.121. The topological polar surface area (TPSA) is 49.4 Å². The molecule has 1 atom stereocenters. The van der Waals surface area contributed by atoms with Gasteiger partial charge in [0, 0.05) is 24.3 Å². The molecule has 0 aromatic heterocycles. The van der Waals surface area contributed by atoms with Crippen LogP contribution in [0.25, 0.3) is 0 Å². The average Bonchev–Trinajstić information content (AvgIpc) is 2.68. The van der Waals surface area contributed by atoms with Crippen LogP contribution in [0, 0.1) is 11.7 Å². The Kier molecular flexibility index (Phi) is 5.66. The van der Waals surface area contributed by atoms with Gasteiger partial charge in [0.15, 0.2) is 0 Å². The van der Waals surface area contributed by atoms with Crippen LogP contribution in [-0.4, -0.2) is 29.8 Å². The van der Waals surface area contributed by atoms with Gasteiger partial charge in [-0.1, -0.05) is 25.1 Å². The minimum atomic E-state index is -0.368. The number of piperidine rings is 1. The highest BCUT2D eigenvalue weighted by Crippen LogP contribution is 2.22. The Hall–Kier alpha value is -2.69. The van der Waals surface area contributed by atoms with Crippen molar-refractivity contribution in [2.75, 3.05) is 18.4 Å². The third-order valence-corrected chi connectivity index (χ3v) is 4.83. The summed E-state index contributed by atoms with van der Waals surface area (Å²) in [5.74, 6) is -0.816. The van der Waals surface area contributed by atoms with Crippen LogP contribution in [0.2, 0.25) is 0 Å². The summed E-state index contributed by atoms with van der Waals surface area (Å²) in [6.45, 7) is 3.05. The Morgan fingerprint density at radius 1 is 1.15 bits per heavy atom. The smallest absolute Gasteiger partial charge is 0.253 e. The van der Waals surface area contributed by atoms with E-state index < -0.39 is 0 Å². The molecule has 1 unspecified atom stereocenters. The van der Waals surface area contributed by atoms with Crippen molar-refractivity contribution in [1.29, 1.82) is 0 Å². The second-order valence-electron chi connectivity index (χ2n) is 6.60. The van der Waals surface area contributed by atoms with E-state index >= 15 is 0 Å². The Balaban J connectivity index is 1.66. The van der Waals surface area contributed by atoms with E-state index in [0.717, 1.165) is 30.5 Å². The van der Waals surface area contributed by atoms with Crippen LogP contribution in [0.15, 0.2) is 48.5 Å². The zero-order chi connectivity index (χ0) is 18.5. The average molecular weight is 354 g/mol. The fraction of sp³-hybridized carbons (Fsp3) is 0.333. The lowest BCUT2D eigenvalue weighted by Gasteiger charge is -2.32. The maximum absolute atomic E-state index is 13.1. The normalized spacial score (nSPS) is 17.0. The summed E-state index contributed by atoms with van der Waals surface area (Å²) in [6.07, 6.45) is 2.38. The SMILES string of the molecule is CCc1ccccc1NC(=O)C1CCCN(C(=O)c2ccc(F)cc2)C1. The zero-order valence-corrected chi connectivity index (χ0v) is 14.9. The molecule has 3 rings (SSSR count). The molecule has 2 aromatic carbocycles.